The molecule has 1 aliphatic carbocycles. The molecular weight excluding hydrogens is 315 g/mol. The molecule has 0 unspecified atom stereocenters. The molecule has 0 radical (unpaired) electrons. The maximum absolute atomic E-state index is 13.3. The third-order valence-electron chi connectivity index (χ3n) is 4.71. The Labute approximate surface area is 148 Å². The minimum atomic E-state index is -0.504. The van der Waals surface area contributed by atoms with Crippen molar-refractivity contribution in [1.29, 1.82) is 0 Å². The molecular formula is C21H25FN2O. The topological polar surface area (TPSA) is 41.1 Å². The van der Waals surface area contributed by atoms with Gasteiger partial charge in [-0.15, -0.1) is 0 Å². The molecule has 0 aliphatic heterocycles. The molecule has 0 bridgehead atoms. The molecule has 0 aromatic heterocycles. The predicted octanol–water partition coefficient (Wildman–Crippen LogP) is 4.11. The second-order valence-electron chi connectivity index (χ2n) is 7.02. The predicted molar refractivity (Wildman–Crippen MR) is 97.8 cm³/mol. The normalized spacial score (nSPS) is 16.3. The van der Waals surface area contributed by atoms with Gasteiger partial charge in [-0.3, -0.25) is 10.1 Å². The fourth-order valence-corrected chi connectivity index (χ4v) is 3.06. The van der Waals surface area contributed by atoms with E-state index in [-0.39, 0.29) is 23.8 Å². The highest BCUT2D eigenvalue weighted by Crippen LogP contribution is 2.25. The third-order valence-corrected chi connectivity index (χ3v) is 4.71. The van der Waals surface area contributed by atoms with Crippen LogP contribution in [0.25, 0.3) is 0 Å². The van der Waals surface area contributed by atoms with Crippen molar-refractivity contribution in [3.8, 4) is 0 Å². The van der Waals surface area contributed by atoms with Crippen LogP contribution >= 0.6 is 0 Å². The number of carbonyl (C=O) groups is 1. The average molecular weight is 340 g/mol. The van der Waals surface area contributed by atoms with Crippen LogP contribution < -0.4 is 10.6 Å². The molecule has 0 spiro atoms. The van der Waals surface area contributed by atoms with Crippen LogP contribution in [0, 0.1) is 19.7 Å². The van der Waals surface area contributed by atoms with Crippen LogP contribution in [-0.2, 0) is 4.79 Å². The molecule has 2 atom stereocenters. The van der Waals surface area contributed by atoms with Gasteiger partial charge < -0.3 is 5.32 Å². The number of aryl methyl sites for hydroxylation is 2. The van der Waals surface area contributed by atoms with Crippen molar-refractivity contribution in [2.75, 3.05) is 0 Å². The molecule has 3 nitrogen and oxygen atoms in total. The Morgan fingerprint density at radius 3 is 2.44 bits per heavy atom. The Kier molecular flexibility index (Phi) is 5.19. The second kappa shape index (κ2) is 7.36. The van der Waals surface area contributed by atoms with Crippen LogP contribution in [0.5, 0.6) is 0 Å². The summed E-state index contributed by atoms with van der Waals surface area (Å²) in [6.07, 6.45) is 2.07. The molecule has 0 saturated heterocycles. The van der Waals surface area contributed by atoms with Crippen molar-refractivity contribution >= 4 is 5.91 Å². The van der Waals surface area contributed by atoms with Gasteiger partial charge >= 0.3 is 0 Å². The van der Waals surface area contributed by atoms with E-state index in [9.17, 15) is 9.18 Å². The van der Waals surface area contributed by atoms with Crippen LogP contribution in [0.15, 0.2) is 42.5 Å². The van der Waals surface area contributed by atoms with E-state index in [4.69, 9.17) is 0 Å². The molecule has 1 fully saturated rings. The van der Waals surface area contributed by atoms with Gasteiger partial charge in [0.15, 0.2) is 0 Å². The van der Waals surface area contributed by atoms with Gasteiger partial charge in [0.1, 0.15) is 11.9 Å². The van der Waals surface area contributed by atoms with Crippen LogP contribution in [0.2, 0.25) is 0 Å². The van der Waals surface area contributed by atoms with E-state index in [1.54, 1.807) is 12.1 Å². The van der Waals surface area contributed by atoms with Crippen molar-refractivity contribution in [2.45, 2.75) is 51.7 Å². The van der Waals surface area contributed by atoms with Crippen molar-refractivity contribution in [3.05, 3.63) is 70.5 Å². The summed E-state index contributed by atoms with van der Waals surface area (Å²) in [5.41, 5.74) is 4.32. The zero-order valence-corrected chi connectivity index (χ0v) is 15.0. The van der Waals surface area contributed by atoms with E-state index in [2.05, 4.69) is 49.6 Å². The van der Waals surface area contributed by atoms with Gasteiger partial charge in [-0.25, -0.2) is 4.39 Å². The smallest absolute Gasteiger partial charge is 0.241 e. The van der Waals surface area contributed by atoms with Crippen LogP contribution in [0.4, 0.5) is 4.39 Å². The molecule has 1 saturated carbocycles. The highest BCUT2D eigenvalue weighted by molar-refractivity contribution is 5.83. The SMILES string of the molecule is Cc1ccc(C)c([C@H](C)N[C@H](C(=O)NC2CC2)c2ccc(F)cc2)c1. The van der Waals surface area contributed by atoms with Crippen LogP contribution in [0.3, 0.4) is 0 Å². The Hall–Kier alpha value is -2.20. The van der Waals surface area contributed by atoms with E-state index < -0.39 is 6.04 Å². The Morgan fingerprint density at radius 2 is 1.80 bits per heavy atom. The van der Waals surface area contributed by atoms with Crippen molar-refractivity contribution in [3.63, 3.8) is 0 Å². The third kappa shape index (κ3) is 4.45. The zero-order valence-electron chi connectivity index (χ0n) is 15.0. The number of hydrogen-bond donors (Lipinski definition) is 2. The lowest BCUT2D eigenvalue weighted by Gasteiger charge is -2.25. The highest BCUT2D eigenvalue weighted by Gasteiger charge is 2.29. The summed E-state index contributed by atoms with van der Waals surface area (Å²) < 4.78 is 13.3. The molecule has 2 aromatic carbocycles. The lowest BCUT2D eigenvalue weighted by molar-refractivity contribution is -0.123. The Morgan fingerprint density at radius 1 is 1.12 bits per heavy atom. The number of rotatable bonds is 6. The minimum Gasteiger partial charge on any atom is -0.352 e. The van der Waals surface area contributed by atoms with Gasteiger partial charge in [0.2, 0.25) is 5.91 Å². The first-order chi connectivity index (χ1) is 11.9. The van der Waals surface area contributed by atoms with E-state index in [1.807, 2.05) is 0 Å². The quantitative estimate of drug-likeness (QED) is 0.831. The summed E-state index contributed by atoms with van der Waals surface area (Å²) in [4.78, 5) is 12.7. The number of nitrogens with one attached hydrogen (secondary N) is 2. The van der Waals surface area contributed by atoms with Crippen molar-refractivity contribution < 1.29 is 9.18 Å². The first kappa shape index (κ1) is 17.6. The lowest BCUT2D eigenvalue weighted by atomic mass is 9.97. The minimum absolute atomic E-state index is 0.0000869. The molecule has 3 rings (SSSR count). The number of amides is 1. The van der Waals surface area contributed by atoms with E-state index in [1.165, 1.54) is 28.8 Å². The molecule has 0 heterocycles. The first-order valence-electron chi connectivity index (χ1n) is 8.83. The largest absolute Gasteiger partial charge is 0.352 e. The summed E-state index contributed by atoms with van der Waals surface area (Å²) in [7, 11) is 0. The van der Waals surface area contributed by atoms with Gasteiger partial charge in [0, 0.05) is 12.1 Å². The van der Waals surface area contributed by atoms with Crippen molar-refractivity contribution in [2.24, 2.45) is 0 Å². The fraction of sp³-hybridized carbons (Fsp3) is 0.381. The van der Waals surface area contributed by atoms with Crippen LogP contribution in [-0.4, -0.2) is 11.9 Å². The molecule has 1 amide bonds. The summed E-state index contributed by atoms with van der Waals surface area (Å²) >= 11 is 0. The summed E-state index contributed by atoms with van der Waals surface area (Å²) in [6, 6.07) is 12.3. The summed E-state index contributed by atoms with van der Waals surface area (Å²) in [5.74, 6) is -0.348. The number of carbonyl (C=O) groups excluding carboxylic acids is 1. The lowest BCUT2D eigenvalue weighted by Crippen LogP contribution is -2.39. The molecule has 1 aliphatic rings. The van der Waals surface area contributed by atoms with Gasteiger partial charge in [-0.1, -0.05) is 35.9 Å². The highest BCUT2D eigenvalue weighted by atomic mass is 19.1. The summed E-state index contributed by atoms with van der Waals surface area (Å²) in [6.45, 7) is 6.19. The fourth-order valence-electron chi connectivity index (χ4n) is 3.06. The molecule has 25 heavy (non-hydrogen) atoms. The number of hydrogen-bond acceptors (Lipinski definition) is 2. The van der Waals surface area contributed by atoms with Crippen LogP contribution in [0.1, 0.15) is 54.1 Å². The van der Waals surface area contributed by atoms with Gasteiger partial charge in [0.05, 0.1) is 0 Å². The average Bonchev–Trinajstić information content (AvgIpc) is 3.39. The molecule has 2 aromatic rings. The van der Waals surface area contributed by atoms with Gasteiger partial charge in [-0.05, 0) is 62.4 Å². The first-order valence-corrected chi connectivity index (χ1v) is 8.83. The van der Waals surface area contributed by atoms with Gasteiger partial charge in [0.25, 0.3) is 0 Å². The van der Waals surface area contributed by atoms with E-state index >= 15 is 0 Å². The molecule has 4 heteroatoms. The van der Waals surface area contributed by atoms with Crippen molar-refractivity contribution in [1.82, 2.24) is 10.6 Å². The van der Waals surface area contributed by atoms with Gasteiger partial charge in [-0.2, -0.15) is 0 Å². The zero-order chi connectivity index (χ0) is 18.0. The van der Waals surface area contributed by atoms with E-state index in [0.717, 1.165) is 18.4 Å². The summed E-state index contributed by atoms with van der Waals surface area (Å²) in [5, 5.41) is 6.49. The monoisotopic (exact) mass is 340 g/mol. The number of benzene rings is 2. The second-order valence-corrected chi connectivity index (χ2v) is 7.02. The Bertz CT molecular complexity index is 753. The Balaban J connectivity index is 1.84. The maximum Gasteiger partial charge on any atom is 0.241 e. The molecule has 132 valence electrons. The standard InChI is InChI=1S/C21H25FN2O/c1-13-4-5-14(2)19(12-13)15(3)23-20(21(25)24-18-10-11-18)16-6-8-17(22)9-7-16/h4-9,12,15,18,20,23H,10-11H2,1-3H3,(H,24,25)/t15-,20-/m0/s1. The molecule has 2 N–H and O–H groups in total. The van der Waals surface area contributed by atoms with E-state index in [0.29, 0.717) is 0 Å². The maximum atomic E-state index is 13.3. The number of halogens is 1.